The standard InChI is InChI=1S/C16H15N3O2/c1-12-7-9-14(10-8-12)18-15(20)16(21)19-17-11-13-5-3-2-4-6-13/h2-11H,1H3,(H,18,20)(H,19,21)/b17-11+. The number of anilines is 1. The maximum absolute atomic E-state index is 11.6. The van der Waals surface area contributed by atoms with Gasteiger partial charge in [0.15, 0.2) is 0 Å². The van der Waals surface area contributed by atoms with Crippen LogP contribution in [0, 0.1) is 6.92 Å². The molecule has 21 heavy (non-hydrogen) atoms. The lowest BCUT2D eigenvalue weighted by Crippen LogP contribution is -2.32. The topological polar surface area (TPSA) is 70.6 Å². The van der Waals surface area contributed by atoms with Gasteiger partial charge in [-0.15, -0.1) is 0 Å². The summed E-state index contributed by atoms with van der Waals surface area (Å²) in [5.41, 5.74) is 4.65. The Morgan fingerprint density at radius 1 is 0.952 bits per heavy atom. The second-order valence-electron chi connectivity index (χ2n) is 4.43. The van der Waals surface area contributed by atoms with Gasteiger partial charge in [0.05, 0.1) is 6.21 Å². The maximum Gasteiger partial charge on any atom is 0.329 e. The van der Waals surface area contributed by atoms with Crippen LogP contribution >= 0.6 is 0 Å². The molecule has 2 rings (SSSR count). The van der Waals surface area contributed by atoms with Gasteiger partial charge in [0.1, 0.15) is 0 Å². The van der Waals surface area contributed by atoms with Gasteiger partial charge in [-0.2, -0.15) is 5.10 Å². The van der Waals surface area contributed by atoms with Crippen LogP contribution in [0.2, 0.25) is 0 Å². The molecule has 0 radical (unpaired) electrons. The van der Waals surface area contributed by atoms with Crippen LogP contribution < -0.4 is 10.7 Å². The van der Waals surface area contributed by atoms with Crippen molar-refractivity contribution in [2.45, 2.75) is 6.92 Å². The van der Waals surface area contributed by atoms with Crippen molar-refractivity contribution < 1.29 is 9.59 Å². The summed E-state index contributed by atoms with van der Waals surface area (Å²) in [6.07, 6.45) is 1.47. The average Bonchev–Trinajstić information content (AvgIpc) is 2.50. The van der Waals surface area contributed by atoms with Crippen LogP contribution in [0.15, 0.2) is 59.7 Å². The summed E-state index contributed by atoms with van der Waals surface area (Å²) >= 11 is 0. The average molecular weight is 281 g/mol. The number of amides is 2. The molecule has 0 aliphatic rings. The van der Waals surface area contributed by atoms with Crippen molar-refractivity contribution in [2.24, 2.45) is 5.10 Å². The van der Waals surface area contributed by atoms with Crippen molar-refractivity contribution in [2.75, 3.05) is 5.32 Å². The van der Waals surface area contributed by atoms with Crippen LogP contribution in [0.25, 0.3) is 0 Å². The molecule has 2 amide bonds. The van der Waals surface area contributed by atoms with Gasteiger partial charge in [-0.05, 0) is 24.6 Å². The predicted octanol–water partition coefficient (Wildman–Crippen LogP) is 2.08. The first kappa shape index (κ1) is 14.5. The van der Waals surface area contributed by atoms with Gasteiger partial charge in [-0.1, -0.05) is 48.0 Å². The third kappa shape index (κ3) is 4.58. The van der Waals surface area contributed by atoms with E-state index >= 15 is 0 Å². The minimum atomic E-state index is -0.817. The van der Waals surface area contributed by atoms with E-state index in [1.807, 2.05) is 49.4 Å². The quantitative estimate of drug-likeness (QED) is 0.514. The summed E-state index contributed by atoms with van der Waals surface area (Å²) < 4.78 is 0. The highest BCUT2D eigenvalue weighted by atomic mass is 16.2. The highest BCUT2D eigenvalue weighted by molar-refractivity contribution is 6.39. The Morgan fingerprint density at radius 3 is 2.29 bits per heavy atom. The molecular weight excluding hydrogens is 266 g/mol. The Kier molecular flexibility index (Phi) is 4.82. The summed E-state index contributed by atoms with van der Waals surface area (Å²) in [6, 6.07) is 16.4. The Hall–Kier alpha value is -2.95. The molecule has 0 aliphatic carbocycles. The van der Waals surface area contributed by atoms with Crippen molar-refractivity contribution >= 4 is 23.7 Å². The number of hydrogen-bond acceptors (Lipinski definition) is 3. The lowest BCUT2D eigenvalue weighted by molar-refractivity contribution is -0.136. The van der Waals surface area contributed by atoms with Crippen LogP contribution in [0.1, 0.15) is 11.1 Å². The fourth-order valence-corrected chi connectivity index (χ4v) is 1.58. The van der Waals surface area contributed by atoms with Gasteiger partial charge in [-0.25, -0.2) is 5.43 Å². The summed E-state index contributed by atoms with van der Waals surface area (Å²) in [4.78, 5) is 23.2. The lowest BCUT2D eigenvalue weighted by Gasteiger charge is -2.04. The lowest BCUT2D eigenvalue weighted by atomic mass is 10.2. The minimum Gasteiger partial charge on any atom is -0.318 e. The second-order valence-corrected chi connectivity index (χ2v) is 4.43. The number of nitrogens with zero attached hydrogens (tertiary/aromatic N) is 1. The predicted molar refractivity (Wildman–Crippen MR) is 82.0 cm³/mol. The van der Waals surface area contributed by atoms with Crippen LogP contribution in [0.4, 0.5) is 5.69 Å². The van der Waals surface area contributed by atoms with Crippen molar-refractivity contribution in [3.05, 3.63) is 65.7 Å². The van der Waals surface area contributed by atoms with Crippen LogP contribution in [-0.4, -0.2) is 18.0 Å². The Balaban J connectivity index is 1.87. The van der Waals surface area contributed by atoms with Crippen molar-refractivity contribution in [3.63, 3.8) is 0 Å². The van der Waals surface area contributed by atoms with Gasteiger partial charge in [0, 0.05) is 5.69 Å². The number of carbonyl (C=O) groups is 2. The van der Waals surface area contributed by atoms with E-state index in [0.717, 1.165) is 11.1 Å². The van der Waals surface area contributed by atoms with Gasteiger partial charge >= 0.3 is 11.8 Å². The van der Waals surface area contributed by atoms with E-state index in [0.29, 0.717) is 5.69 Å². The molecule has 0 saturated carbocycles. The molecule has 0 aromatic heterocycles. The van der Waals surface area contributed by atoms with E-state index in [2.05, 4.69) is 15.8 Å². The Bertz CT molecular complexity index is 649. The second kappa shape index (κ2) is 7.00. The van der Waals surface area contributed by atoms with Crippen molar-refractivity contribution in [1.29, 1.82) is 0 Å². The molecular formula is C16H15N3O2. The van der Waals surface area contributed by atoms with Crippen molar-refractivity contribution in [1.82, 2.24) is 5.43 Å². The zero-order valence-electron chi connectivity index (χ0n) is 11.5. The Morgan fingerprint density at radius 2 is 1.62 bits per heavy atom. The number of rotatable bonds is 3. The van der Waals surface area contributed by atoms with E-state index in [1.165, 1.54) is 6.21 Å². The smallest absolute Gasteiger partial charge is 0.318 e. The van der Waals surface area contributed by atoms with Crippen molar-refractivity contribution in [3.8, 4) is 0 Å². The molecule has 0 saturated heterocycles. The SMILES string of the molecule is Cc1ccc(NC(=O)C(=O)N/N=C/c2ccccc2)cc1. The first-order valence-corrected chi connectivity index (χ1v) is 6.41. The monoisotopic (exact) mass is 281 g/mol. The summed E-state index contributed by atoms with van der Waals surface area (Å²) in [6.45, 7) is 1.94. The highest BCUT2D eigenvalue weighted by Gasteiger charge is 2.12. The number of hydrazone groups is 1. The van der Waals surface area contributed by atoms with Gasteiger partial charge in [0.25, 0.3) is 0 Å². The number of carbonyl (C=O) groups excluding carboxylic acids is 2. The normalized spacial score (nSPS) is 10.3. The summed E-state index contributed by atoms with van der Waals surface area (Å²) in [7, 11) is 0. The zero-order chi connectivity index (χ0) is 15.1. The Labute approximate surface area is 122 Å². The molecule has 0 atom stereocenters. The third-order valence-electron chi connectivity index (χ3n) is 2.69. The molecule has 0 heterocycles. The first-order valence-electron chi connectivity index (χ1n) is 6.41. The fraction of sp³-hybridized carbons (Fsp3) is 0.0625. The summed E-state index contributed by atoms with van der Waals surface area (Å²) in [5.74, 6) is -1.58. The van der Waals surface area contributed by atoms with Gasteiger partial charge < -0.3 is 5.32 Å². The molecule has 106 valence electrons. The molecule has 5 nitrogen and oxygen atoms in total. The largest absolute Gasteiger partial charge is 0.329 e. The molecule has 0 bridgehead atoms. The molecule has 5 heteroatoms. The number of benzene rings is 2. The third-order valence-corrected chi connectivity index (χ3v) is 2.69. The zero-order valence-corrected chi connectivity index (χ0v) is 11.5. The van der Waals surface area contributed by atoms with Crippen LogP contribution in [-0.2, 0) is 9.59 Å². The van der Waals surface area contributed by atoms with E-state index in [1.54, 1.807) is 12.1 Å². The summed E-state index contributed by atoms with van der Waals surface area (Å²) in [5, 5.41) is 6.23. The van der Waals surface area contributed by atoms with E-state index in [9.17, 15) is 9.59 Å². The molecule has 2 aromatic rings. The number of nitrogens with one attached hydrogen (secondary N) is 2. The van der Waals surface area contributed by atoms with E-state index in [-0.39, 0.29) is 0 Å². The number of aryl methyl sites for hydroxylation is 1. The molecule has 0 unspecified atom stereocenters. The molecule has 0 spiro atoms. The fourth-order valence-electron chi connectivity index (χ4n) is 1.58. The number of hydrogen-bond donors (Lipinski definition) is 2. The van der Waals surface area contributed by atoms with E-state index < -0.39 is 11.8 Å². The van der Waals surface area contributed by atoms with Crippen LogP contribution in [0.3, 0.4) is 0 Å². The first-order chi connectivity index (χ1) is 10.1. The van der Waals surface area contributed by atoms with Crippen LogP contribution in [0.5, 0.6) is 0 Å². The molecule has 2 N–H and O–H groups in total. The molecule has 0 fully saturated rings. The maximum atomic E-state index is 11.6. The van der Waals surface area contributed by atoms with Gasteiger partial charge in [-0.3, -0.25) is 9.59 Å². The van der Waals surface area contributed by atoms with Gasteiger partial charge in [0.2, 0.25) is 0 Å². The molecule has 2 aromatic carbocycles. The van der Waals surface area contributed by atoms with E-state index in [4.69, 9.17) is 0 Å². The molecule has 0 aliphatic heterocycles. The minimum absolute atomic E-state index is 0.563. The highest BCUT2D eigenvalue weighted by Crippen LogP contribution is 2.08.